The largest absolute Gasteiger partial charge is 0.352 e. The van der Waals surface area contributed by atoms with Gasteiger partial charge in [0.25, 0.3) is 0 Å². The van der Waals surface area contributed by atoms with Crippen LogP contribution >= 0.6 is 11.8 Å². The SMILES string of the molecule is O=C(/C=C/c1ccccc1)NCCSC1CCCCC1. The van der Waals surface area contributed by atoms with Crippen LogP contribution in [-0.2, 0) is 4.79 Å². The van der Waals surface area contributed by atoms with Crippen molar-refractivity contribution in [1.82, 2.24) is 5.32 Å². The lowest BCUT2D eigenvalue weighted by molar-refractivity contribution is -0.116. The van der Waals surface area contributed by atoms with Gasteiger partial charge in [-0.25, -0.2) is 0 Å². The minimum absolute atomic E-state index is 0.00176. The van der Waals surface area contributed by atoms with Crippen molar-refractivity contribution in [1.29, 1.82) is 0 Å². The molecule has 0 atom stereocenters. The lowest BCUT2D eigenvalue weighted by atomic mass is 10.0. The fourth-order valence-corrected chi connectivity index (χ4v) is 3.65. The molecule has 0 unspecified atom stereocenters. The summed E-state index contributed by atoms with van der Waals surface area (Å²) in [7, 11) is 0. The number of thioether (sulfide) groups is 1. The number of hydrogen-bond donors (Lipinski definition) is 1. The van der Waals surface area contributed by atoms with E-state index in [-0.39, 0.29) is 5.91 Å². The highest BCUT2D eigenvalue weighted by Crippen LogP contribution is 2.27. The van der Waals surface area contributed by atoms with Crippen molar-refractivity contribution < 1.29 is 4.79 Å². The van der Waals surface area contributed by atoms with Gasteiger partial charge in [0, 0.05) is 23.6 Å². The molecule has 0 radical (unpaired) electrons. The van der Waals surface area contributed by atoms with Crippen LogP contribution in [0.1, 0.15) is 37.7 Å². The molecular formula is C17H23NOS. The number of carbonyl (C=O) groups is 1. The lowest BCUT2D eigenvalue weighted by Crippen LogP contribution is -2.24. The number of hydrogen-bond acceptors (Lipinski definition) is 2. The zero-order valence-corrected chi connectivity index (χ0v) is 12.7. The van der Waals surface area contributed by atoms with Crippen LogP contribution in [0, 0.1) is 0 Å². The Balaban J connectivity index is 1.59. The van der Waals surface area contributed by atoms with Gasteiger partial charge >= 0.3 is 0 Å². The zero-order valence-electron chi connectivity index (χ0n) is 11.9. The molecule has 1 aromatic rings. The van der Waals surface area contributed by atoms with Crippen LogP contribution in [0.5, 0.6) is 0 Å². The van der Waals surface area contributed by atoms with E-state index in [0.717, 1.165) is 23.1 Å². The quantitative estimate of drug-likeness (QED) is 0.636. The highest BCUT2D eigenvalue weighted by molar-refractivity contribution is 7.99. The van der Waals surface area contributed by atoms with E-state index >= 15 is 0 Å². The number of benzene rings is 1. The Morgan fingerprint density at radius 1 is 1.20 bits per heavy atom. The molecule has 0 heterocycles. The van der Waals surface area contributed by atoms with Gasteiger partial charge in [-0.1, -0.05) is 49.6 Å². The van der Waals surface area contributed by atoms with Crippen molar-refractivity contribution in [3.63, 3.8) is 0 Å². The molecule has 1 aliphatic carbocycles. The molecule has 2 nitrogen and oxygen atoms in total. The molecular weight excluding hydrogens is 266 g/mol. The molecule has 1 N–H and O–H groups in total. The third-order valence-electron chi connectivity index (χ3n) is 3.53. The van der Waals surface area contributed by atoms with Gasteiger partial charge < -0.3 is 5.32 Å². The van der Waals surface area contributed by atoms with E-state index < -0.39 is 0 Å². The van der Waals surface area contributed by atoms with Crippen molar-refractivity contribution >= 4 is 23.7 Å². The van der Waals surface area contributed by atoms with E-state index in [2.05, 4.69) is 5.32 Å². The maximum Gasteiger partial charge on any atom is 0.244 e. The first-order valence-corrected chi connectivity index (χ1v) is 8.52. The van der Waals surface area contributed by atoms with Gasteiger partial charge in [-0.2, -0.15) is 11.8 Å². The molecule has 0 saturated heterocycles. The fraction of sp³-hybridized carbons (Fsp3) is 0.471. The van der Waals surface area contributed by atoms with Crippen LogP contribution < -0.4 is 5.32 Å². The van der Waals surface area contributed by atoms with E-state index in [9.17, 15) is 4.79 Å². The Hall–Kier alpha value is -1.22. The monoisotopic (exact) mass is 289 g/mol. The average Bonchev–Trinajstić information content (AvgIpc) is 2.52. The van der Waals surface area contributed by atoms with Gasteiger partial charge in [0.05, 0.1) is 0 Å². The summed E-state index contributed by atoms with van der Waals surface area (Å²) < 4.78 is 0. The summed E-state index contributed by atoms with van der Waals surface area (Å²) in [4.78, 5) is 11.7. The molecule has 0 aromatic heterocycles. The molecule has 1 aliphatic rings. The molecule has 0 aliphatic heterocycles. The van der Waals surface area contributed by atoms with Gasteiger partial charge in [-0.05, 0) is 24.5 Å². The molecule has 1 saturated carbocycles. The van der Waals surface area contributed by atoms with Crippen LogP contribution in [0.15, 0.2) is 36.4 Å². The molecule has 108 valence electrons. The first-order chi connectivity index (χ1) is 9.84. The van der Waals surface area contributed by atoms with Crippen LogP contribution in [0.4, 0.5) is 0 Å². The van der Waals surface area contributed by atoms with Crippen LogP contribution in [-0.4, -0.2) is 23.5 Å². The number of carbonyl (C=O) groups excluding carboxylic acids is 1. The Kier molecular flexibility index (Phi) is 6.72. The minimum atomic E-state index is -0.00176. The summed E-state index contributed by atoms with van der Waals surface area (Å²) in [5, 5.41) is 3.77. The number of nitrogens with one attached hydrogen (secondary N) is 1. The normalized spacial score (nSPS) is 16.4. The van der Waals surface area contributed by atoms with Gasteiger partial charge in [0.2, 0.25) is 5.91 Å². The standard InChI is InChI=1S/C17H23NOS/c19-17(12-11-15-7-3-1-4-8-15)18-13-14-20-16-9-5-2-6-10-16/h1,3-4,7-8,11-12,16H,2,5-6,9-10,13-14H2,(H,18,19)/b12-11+. The third kappa shape index (κ3) is 5.83. The zero-order chi connectivity index (χ0) is 14.0. The number of rotatable bonds is 6. The van der Waals surface area contributed by atoms with Crippen molar-refractivity contribution in [2.75, 3.05) is 12.3 Å². The van der Waals surface area contributed by atoms with E-state index in [1.807, 2.05) is 48.2 Å². The Morgan fingerprint density at radius 3 is 2.70 bits per heavy atom. The summed E-state index contributed by atoms with van der Waals surface area (Å²) >= 11 is 2.02. The summed E-state index contributed by atoms with van der Waals surface area (Å²) in [6.45, 7) is 0.763. The van der Waals surface area contributed by atoms with Crippen LogP contribution in [0.2, 0.25) is 0 Å². The lowest BCUT2D eigenvalue weighted by Gasteiger charge is -2.20. The molecule has 1 amide bonds. The predicted molar refractivity (Wildman–Crippen MR) is 87.8 cm³/mol. The van der Waals surface area contributed by atoms with Crippen LogP contribution in [0.25, 0.3) is 6.08 Å². The topological polar surface area (TPSA) is 29.1 Å². The van der Waals surface area contributed by atoms with Gasteiger partial charge in [-0.15, -0.1) is 0 Å². The second kappa shape index (κ2) is 8.85. The van der Waals surface area contributed by atoms with E-state index in [0.29, 0.717) is 0 Å². The summed E-state index contributed by atoms with van der Waals surface area (Å²) in [6.07, 6.45) is 10.3. The van der Waals surface area contributed by atoms with E-state index in [4.69, 9.17) is 0 Å². The maximum absolute atomic E-state index is 11.7. The van der Waals surface area contributed by atoms with Crippen molar-refractivity contribution in [3.8, 4) is 0 Å². The third-order valence-corrected chi connectivity index (χ3v) is 4.92. The Bertz CT molecular complexity index is 424. The van der Waals surface area contributed by atoms with Gasteiger partial charge in [0.1, 0.15) is 0 Å². The summed E-state index contributed by atoms with van der Waals surface area (Å²) in [6, 6.07) is 9.89. The van der Waals surface area contributed by atoms with Crippen molar-refractivity contribution in [2.45, 2.75) is 37.4 Å². The summed E-state index contributed by atoms with van der Waals surface area (Å²) in [5.74, 6) is 1.02. The van der Waals surface area contributed by atoms with Gasteiger partial charge in [-0.3, -0.25) is 4.79 Å². The molecule has 3 heteroatoms. The second-order valence-electron chi connectivity index (χ2n) is 5.17. The smallest absolute Gasteiger partial charge is 0.244 e. The molecule has 0 bridgehead atoms. The van der Waals surface area contributed by atoms with E-state index in [1.165, 1.54) is 32.1 Å². The first kappa shape index (κ1) is 15.2. The van der Waals surface area contributed by atoms with E-state index in [1.54, 1.807) is 6.08 Å². The molecule has 2 rings (SSSR count). The van der Waals surface area contributed by atoms with Crippen molar-refractivity contribution in [3.05, 3.63) is 42.0 Å². The van der Waals surface area contributed by atoms with Crippen LogP contribution in [0.3, 0.4) is 0 Å². The fourth-order valence-electron chi connectivity index (χ4n) is 2.43. The van der Waals surface area contributed by atoms with Crippen molar-refractivity contribution in [2.24, 2.45) is 0 Å². The minimum Gasteiger partial charge on any atom is -0.352 e. The molecule has 0 spiro atoms. The second-order valence-corrected chi connectivity index (χ2v) is 6.57. The molecule has 20 heavy (non-hydrogen) atoms. The summed E-state index contributed by atoms with van der Waals surface area (Å²) in [5.41, 5.74) is 1.05. The van der Waals surface area contributed by atoms with Gasteiger partial charge in [0.15, 0.2) is 0 Å². The first-order valence-electron chi connectivity index (χ1n) is 7.47. The molecule has 1 fully saturated rings. The maximum atomic E-state index is 11.7. The Labute approximate surface area is 126 Å². The molecule has 1 aromatic carbocycles. The Morgan fingerprint density at radius 2 is 1.95 bits per heavy atom. The highest BCUT2D eigenvalue weighted by atomic mass is 32.2. The average molecular weight is 289 g/mol. The number of amides is 1. The predicted octanol–water partition coefficient (Wildman–Crippen LogP) is 3.88. The highest BCUT2D eigenvalue weighted by Gasteiger charge is 2.12.